The fourth-order valence-corrected chi connectivity index (χ4v) is 6.28. The summed E-state index contributed by atoms with van der Waals surface area (Å²) in [7, 11) is 0. The Morgan fingerprint density at radius 2 is 1.92 bits per heavy atom. The van der Waals surface area contributed by atoms with Gasteiger partial charge < -0.3 is 15.5 Å². The van der Waals surface area contributed by atoms with Gasteiger partial charge in [-0.25, -0.2) is 4.98 Å². The summed E-state index contributed by atoms with van der Waals surface area (Å²) in [5, 5.41) is 8.26. The van der Waals surface area contributed by atoms with Gasteiger partial charge in [0.2, 0.25) is 5.91 Å². The monoisotopic (exact) mass is 572 g/mol. The number of pyridine rings is 1. The van der Waals surface area contributed by atoms with Gasteiger partial charge in [0.05, 0.1) is 38.4 Å². The Kier molecular flexibility index (Phi) is 6.80. The Morgan fingerprint density at radius 1 is 1.10 bits per heavy atom. The summed E-state index contributed by atoms with van der Waals surface area (Å²) >= 11 is 14.2. The van der Waals surface area contributed by atoms with Crippen molar-refractivity contribution < 1.29 is 4.79 Å². The van der Waals surface area contributed by atoms with Gasteiger partial charge in [-0.15, -0.1) is 0 Å². The predicted molar refractivity (Wildman–Crippen MR) is 162 cm³/mol. The Labute approximate surface area is 240 Å². The van der Waals surface area contributed by atoms with Crippen LogP contribution in [0.2, 0.25) is 5.02 Å². The first kappa shape index (κ1) is 25.5. The Balaban J connectivity index is 1.45. The van der Waals surface area contributed by atoms with E-state index in [4.69, 9.17) is 28.8 Å². The molecule has 1 amide bonds. The predicted octanol–water partition coefficient (Wildman–Crippen LogP) is 6.91. The number of para-hydroxylation sites is 1. The molecule has 1 fully saturated rings. The fraction of sp³-hybridized carbons (Fsp3) is 0.172. The summed E-state index contributed by atoms with van der Waals surface area (Å²) < 4.78 is 3.24. The number of carbonyl (C=O) groups is 1. The van der Waals surface area contributed by atoms with Crippen LogP contribution in [0.4, 0.5) is 11.4 Å². The molecule has 10 heteroatoms. The van der Waals surface area contributed by atoms with Crippen LogP contribution >= 0.6 is 35.2 Å². The van der Waals surface area contributed by atoms with Crippen molar-refractivity contribution in [3.8, 4) is 5.13 Å². The molecule has 0 radical (unpaired) electrons. The van der Waals surface area contributed by atoms with Gasteiger partial charge >= 0.3 is 0 Å². The number of nitrogens with one attached hydrogen (secondary N) is 2. The van der Waals surface area contributed by atoms with Crippen molar-refractivity contribution in [2.24, 2.45) is 5.92 Å². The molecule has 2 unspecified atom stereocenters. The quantitative estimate of drug-likeness (QED) is 0.215. The number of fused-ring (bicyclic) bond motifs is 1. The highest BCUT2D eigenvalue weighted by atomic mass is 35.5. The molecule has 4 heterocycles. The summed E-state index contributed by atoms with van der Waals surface area (Å²) in [6.45, 7) is 3.68. The van der Waals surface area contributed by atoms with Gasteiger partial charge in [-0.1, -0.05) is 55.0 Å². The van der Waals surface area contributed by atoms with Crippen LogP contribution in [0, 0.1) is 5.92 Å². The average Bonchev–Trinajstić information content (AvgIpc) is 3.66. The van der Waals surface area contributed by atoms with Crippen LogP contribution in [0.5, 0.6) is 0 Å². The molecule has 2 N–H and O–H groups in total. The summed E-state index contributed by atoms with van der Waals surface area (Å²) in [6, 6.07) is 23.2. The standard InChI is InChI=1S/C29H25ClN6OS2/c1-17(2)27(37)32-20-13-12-18(16-19(20)30)36-26(25(34-28(36)38)22-9-5-6-14-31-22)23-10-7-15-35(23)29-33-21-8-3-4-11-24(21)39-29/h3-17,25-26H,1-2H3,(H,32,37)(H,34,38). The fourth-order valence-electron chi connectivity index (χ4n) is 4.74. The number of carbonyl (C=O) groups excluding carboxylic acids is 1. The number of hydrogen-bond acceptors (Lipinski definition) is 5. The zero-order chi connectivity index (χ0) is 27.1. The lowest BCUT2D eigenvalue weighted by atomic mass is 10.0. The van der Waals surface area contributed by atoms with E-state index in [-0.39, 0.29) is 23.9 Å². The molecule has 0 aliphatic carbocycles. The minimum Gasteiger partial charge on any atom is -0.351 e. The Bertz CT molecular complexity index is 1650. The van der Waals surface area contributed by atoms with Crippen molar-refractivity contribution in [1.29, 1.82) is 0 Å². The summed E-state index contributed by atoms with van der Waals surface area (Å²) in [5.41, 5.74) is 4.20. The molecule has 1 saturated heterocycles. The van der Waals surface area contributed by atoms with E-state index in [1.54, 1.807) is 17.5 Å². The van der Waals surface area contributed by atoms with Crippen LogP contribution in [-0.2, 0) is 4.79 Å². The van der Waals surface area contributed by atoms with Crippen molar-refractivity contribution >= 4 is 67.8 Å². The van der Waals surface area contributed by atoms with Crippen molar-refractivity contribution in [3.63, 3.8) is 0 Å². The number of aromatic nitrogens is 3. The van der Waals surface area contributed by atoms with Crippen molar-refractivity contribution in [1.82, 2.24) is 19.9 Å². The smallest absolute Gasteiger partial charge is 0.226 e. The van der Waals surface area contributed by atoms with E-state index in [1.165, 1.54) is 0 Å². The highest BCUT2D eigenvalue weighted by Gasteiger charge is 2.42. The van der Waals surface area contributed by atoms with Crippen LogP contribution in [0.3, 0.4) is 0 Å². The molecular formula is C29H25ClN6OS2. The summed E-state index contributed by atoms with van der Waals surface area (Å²) in [5.74, 6) is -0.250. The molecule has 2 aromatic carbocycles. The maximum atomic E-state index is 12.3. The maximum Gasteiger partial charge on any atom is 0.226 e. The molecule has 39 heavy (non-hydrogen) atoms. The zero-order valence-electron chi connectivity index (χ0n) is 21.2. The van der Waals surface area contributed by atoms with Gasteiger partial charge in [-0.3, -0.25) is 14.3 Å². The Hall–Kier alpha value is -3.79. The second kappa shape index (κ2) is 10.4. The molecule has 0 spiro atoms. The number of thiazole rings is 1. The summed E-state index contributed by atoms with van der Waals surface area (Å²) in [6.07, 6.45) is 3.81. The third-order valence-electron chi connectivity index (χ3n) is 6.68. The average molecular weight is 573 g/mol. The number of rotatable bonds is 6. The number of anilines is 2. The number of thiocarbonyl (C=S) groups is 1. The first-order chi connectivity index (χ1) is 18.9. The maximum absolute atomic E-state index is 12.3. The largest absolute Gasteiger partial charge is 0.351 e. The van der Waals surface area contributed by atoms with Crippen LogP contribution in [-0.4, -0.2) is 25.6 Å². The molecule has 7 nitrogen and oxygen atoms in total. The third-order valence-corrected chi connectivity index (χ3v) is 8.35. The van der Waals surface area contributed by atoms with Crippen molar-refractivity contribution in [3.05, 3.63) is 102 Å². The molecule has 1 aliphatic heterocycles. The lowest BCUT2D eigenvalue weighted by molar-refractivity contribution is -0.118. The van der Waals surface area contributed by atoms with Gasteiger partial charge in [0.15, 0.2) is 10.2 Å². The van der Waals surface area contributed by atoms with E-state index in [0.29, 0.717) is 15.8 Å². The molecule has 0 bridgehead atoms. The van der Waals surface area contributed by atoms with Crippen LogP contribution < -0.4 is 15.5 Å². The topological polar surface area (TPSA) is 75.1 Å². The normalized spacial score (nSPS) is 17.1. The molecule has 0 saturated carbocycles. The van der Waals surface area contributed by atoms with E-state index in [9.17, 15) is 4.79 Å². The lowest BCUT2D eigenvalue weighted by Crippen LogP contribution is -2.30. The van der Waals surface area contributed by atoms with E-state index in [1.807, 2.05) is 80.7 Å². The molecule has 1 aliphatic rings. The van der Waals surface area contributed by atoms with Crippen molar-refractivity contribution in [2.45, 2.75) is 25.9 Å². The van der Waals surface area contributed by atoms with Crippen LogP contribution in [0.15, 0.2) is 85.2 Å². The number of amides is 1. The Morgan fingerprint density at radius 3 is 2.67 bits per heavy atom. The highest BCUT2D eigenvalue weighted by Crippen LogP contribution is 2.44. The van der Waals surface area contributed by atoms with E-state index < -0.39 is 0 Å². The van der Waals surface area contributed by atoms with Gasteiger partial charge in [0, 0.05) is 24.0 Å². The first-order valence-corrected chi connectivity index (χ1v) is 14.2. The van der Waals surface area contributed by atoms with Gasteiger partial charge in [0.1, 0.15) is 6.04 Å². The van der Waals surface area contributed by atoms with Gasteiger partial charge in [0.25, 0.3) is 0 Å². The van der Waals surface area contributed by atoms with Crippen molar-refractivity contribution in [2.75, 3.05) is 10.2 Å². The lowest BCUT2D eigenvalue weighted by Gasteiger charge is -2.29. The minimum atomic E-state index is -0.249. The van der Waals surface area contributed by atoms with E-state index in [0.717, 1.165) is 32.4 Å². The van der Waals surface area contributed by atoms with Gasteiger partial charge in [-0.2, -0.15) is 0 Å². The molecule has 2 atom stereocenters. The number of nitrogens with zero attached hydrogens (tertiary/aromatic N) is 4. The molecule has 196 valence electrons. The number of hydrogen-bond donors (Lipinski definition) is 2. The first-order valence-electron chi connectivity index (χ1n) is 12.5. The van der Waals surface area contributed by atoms with Crippen LogP contribution in [0.25, 0.3) is 15.3 Å². The second-order valence-electron chi connectivity index (χ2n) is 9.57. The molecule has 3 aromatic heterocycles. The second-order valence-corrected chi connectivity index (χ2v) is 11.4. The zero-order valence-corrected chi connectivity index (χ0v) is 23.6. The molecular weight excluding hydrogens is 548 g/mol. The number of benzene rings is 2. The third kappa shape index (κ3) is 4.78. The number of halogens is 1. The highest BCUT2D eigenvalue weighted by molar-refractivity contribution is 7.80. The minimum absolute atomic E-state index is 0.0928. The molecule has 6 rings (SSSR count). The van der Waals surface area contributed by atoms with E-state index in [2.05, 4.69) is 37.2 Å². The van der Waals surface area contributed by atoms with Crippen LogP contribution in [0.1, 0.15) is 37.3 Å². The molecule has 5 aromatic rings. The SMILES string of the molecule is CC(C)C(=O)Nc1ccc(N2C(=S)NC(c3ccccn3)C2c2cccn2-c2nc3ccccc3s2)cc1Cl. The van der Waals surface area contributed by atoms with E-state index >= 15 is 0 Å². The van der Waals surface area contributed by atoms with Gasteiger partial charge in [-0.05, 0) is 66.8 Å². The summed E-state index contributed by atoms with van der Waals surface area (Å²) in [4.78, 5) is 23.9.